The lowest BCUT2D eigenvalue weighted by Gasteiger charge is -2.29. The van der Waals surface area contributed by atoms with Gasteiger partial charge >= 0.3 is 0 Å². The summed E-state index contributed by atoms with van der Waals surface area (Å²) in [6.45, 7) is 5.35. The normalized spacial score (nSPS) is 19.9. The topological polar surface area (TPSA) is 50.3 Å². The molecule has 0 aromatic heterocycles. The highest BCUT2D eigenvalue weighted by molar-refractivity contribution is 6.31. The Bertz CT molecular complexity index is 804. The van der Waals surface area contributed by atoms with Crippen molar-refractivity contribution in [3.8, 4) is 0 Å². The minimum atomic E-state index is -0.0715. The summed E-state index contributed by atoms with van der Waals surface area (Å²) in [6, 6.07) is 15.3. The van der Waals surface area contributed by atoms with Crippen molar-refractivity contribution in [2.24, 2.45) is 5.10 Å². The van der Waals surface area contributed by atoms with Gasteiger partial charge in [-0.1, -0.05) is 53.5 Å². The van der Waals surface area contributed by atoms with Crippen molar-refractivity contribution in [2.75, 3.05) is 32.7 Å². The van der Waals surface area contributed by atoms with Crippen LogP contribution in [-0.4, -0.2) is 44.8 Å². The Balaban J connectivity index is 1.39. The number of nitrogens with one attached hydrogen (secondary N) is 3. The van der Waals surface area contributed by atoms with Crippen molar-refractivity contribution in [3.05, 3.63) is 69.7 Å². The van der Waals surface area contributed by atoms with Crippen LogP contribution in [0.25, 0.3) is 0 Å². The van der Waals surface area contributed by atoms with Crippen molar-refractivity contribution in [2.45, 2.75) is 6.54 Å². The highest BCUT2D eigenvalue weighted by atomic mass is 35.5. The molecule has 0 spiro atoms. The summed E-state index contributed by atoms with van der Waals surface area (Å²) in [5.41, 5.74) is 4.64. The monoisotopic (exact) mass is 406 g/mol. The second-order valence-electron chi connectivity index (χ2n) is 6.79. The molecule has 1 fully saturated rings. The van der Waals surface area contributed by atoms with Crippen LogP contribution in [0.2, 0.25) is 10.0 Å². The number of hydrogen-bond acceptors (Lipinski definition) is 2. The molecule has 3 N–H and O–H groups in total. The number of nitrogens with zero attached hydrogens (tertiary/aromatic N) is 1. The number of carbonyl (C=O) groups excluding carboxylic acids is 1. The molecular weight excluding hydrogens is 383 g/mol. The van der Waals surface area contributed by atoms with E-state index in [0.29, 0.717) is 11.6 Å². The van der Waals surface area contributed by atoms with Crippen LogP contribution in [0.3, 0.4) is 0 Å². The number of carbonyl (C=O) groups is 1. The van der Waals surface area contributed by atoms with Crippen LogP contribution in [0.15, 0.2) is 53.6 Å². The van der Waals surface area contributed by atoms with E-state index in [0.717, 1.165) is 43.3 Å². The van der Waals surface area contributed by atoms with E-state index in [1.165, 1.54) is 15.4 Å². The first-order valence-electron chi connectivity index (χ1n) is 9.08. The van der Waals surface area contributed by atoms with Crippen molar-refractivity contribution in [1.29, 1.82) is 0 Å². The second-order valence-corrected chi connectivity index (χ2v) is 7.64. The van der Waals surface area contributed by atoms with E-state index in [4.69, 9.17) is 23.2 Å². The summed E-state index contributed by atoms with van der Waals surface area (Å²) in [6.07, 6.45) is 1.60. The van der Waals surface area contributed by atoms with Crippen molar-refractivity contribution >= 4 is 35.3 Å². The quantitative estimate of drug-likeness (QED) is 0.472. The largest absolute Gasteiger partial charge is 0.322 e. The third kappa shape index (κ3) is 6.33. The van der Waals surface area contributed by atoms with Gasteiger partial charge in [0.25, 0.3) is 5.91 Å². The van der Waals surface area contributed by atoms with Crippen molar-refractivity contribution in [3.63, 3.8) is 0 Å². The average molecular weight is 407 g/mol. The molecule has 142 valence electrons. The minimum Gasteiger partial charge on any atom is -0.322 e. The van der Waals surface area contributed by atoms with Gasteiger partial charge in [-0.25, -0.2) is 5.43 Å². The standard InChI is InChI=1S/C20H22Cl2N4O/c21-18-6-3-4-16(12-18)13-23-24-20(27)15-26-10-8-25(9-11-26)14-17-5-1-2-7-19(17)22/h1-7,12-13H,8-11,14-15H2,(H,24,27)/p+2. The Morgan fingerprint density at radius 3 is 2.52 bits per heavy atom. The number of benzene rings is 2. The summed E-state index contributed by atoms with van der Waals surface area (Å²) in [5, 5.41) is 5.49. The van der Waals surface area contributed by atoms with Gasteiger partial charge < -0.3 is 9.80 Å². The Kier molecular flexibility index (Phi) is 7.24. The van der Waals surface area contributed by atoms with Crippen LogP contribution in [0.1, 0.15) is 11.1 Å². The summed E-state index contributed by atoms with van der Waals surface area (Å²) in [4.78, 5) is 14.9. The van der Waals surface area contributed by atoms with Gasteiger partial charge in [0.05, 0.1) is 6.21 Å². The second kappa shape index (κ2) is 9.85. The summed E-state index contributed by atoms with van der Waals surface area (Å²) in [7, 11) is 0. The number of amides is 1. The van der Waals surface area contributed by atoms with E-state index in [-0.39, 0.29) is 5.91 Å². The molecule has 1 heterocycles. The number of quaternary nitrogens is 2. The Hall–Kier alpha value is -1.92. The van der Waals surface area contributed by atoms with Crippen LogP contribution in [-0.2, 0) is 11.3 Å². The maximum Gasteiger partial charge on any atom is 0.295 e. The molecule has 5 nitrogen and oxygen atoms in total. The number of rotatable bonds is 6. The number of hydrazone groups is 1. The molecule has 0 aliphatic carbocycles. The number of halogens is 2. The van der Waals surface area contributed by atoms with E-state index in [1.807, 2.05) is 30.3 Å². The molecule has 27 heavy (non-hydrogen) atoms. The Labute approximate surface area is 169 Å². The van der Waals surface area contributed by atoms with Gasteiger partial charge in [-0.15, -0.1) is 0 Å². The van der Waals surface area contributed by atoms with Crippen LogP contribution in [0.4, 0.5) is 0 Å². The maximum absolute atomic E-state index is 12.1. The molecule has 3 rings (SSSR count). The molecule has 0 radical (unpaired) electrons. The SMILES string of the molecule is O=C(C[NH+]1CC[NH+](Cc2ccccc2Cl)CC1)NN=Cc1cccc(Cl)c1. The predicted molar refractivity (Wildman–Crippen MR) is 109 cm³/mol. The lowest BCUT2D eigenvalue weighted by molar-refractivity contribution is -1.02. The summed E-state index contributed by atoms with van der Waals surface area (Å²) < 4.78 is 0. The van der Waals surface area contributed by atoms with Gasteiger partial charge in [0.2, 0.25) is 0 Å². The summed E-state index contributed by atoms with van der Waals surface area (Å²) >= 11 is 12.2. The van der Waals surface area contributed by atoms with E-state index >= 15 is 0 Å². The smallest absolute Gasteiger partial charge is 0.295 e. The molecule has 1 aliphatic rings. The lowest BCUT2D eigenvalue weighted by Crippen LogP contribution is -3.28. The Morgan fingerprint density at radius 2 is 1.78 bits per heavy atom. The van der Waals surface area contributed by atoms with E-state index in [1.54, 1.807) is 18.3 Å². The van der Waals surface area contributed by atoms with E-state index in [9.17, 15) is 4.79 Å². The van der Waals surface area contributed by atoms with E-state index in [2.05, 4.69) is 16.6 Å². The number of piperazine rings is 1. The van der Waals surface area contributed by atoms with Crippen molar-refractivity contribution in [1.82, 2.24) is 5.43 Å². The van der Waals surface area contributed by atoms with Crippen LogP contribution >= 0.6 is 23.2 Å². The molecule has 7 heteroatoms. The van der Waals surface area contributed by atoms with Crippen LogP contribution in [0.5, 0.6) is 0 Å². The van der Waals surface area contributed by atoms with Gasteiger partial charge in [-0.05, 0) is 23.8 Å². The van der Waals surface area contributed by atoms with Gasteiger partial charge in [0, 0.05) is 15.6 Å². The zero-order chi connectivity index (χ0) is 19.1. The molecule has 0 saturated carbocycles. The van der Waals surface area contributed by atoms with Crippen LogP contribution in [0, 0.1) is 0 Å². The predicted octanol–water partition coefficient (Wildman–Crippen LogP) is 0.427. The van der Waals surface area contributed by atoms with Gasteiger partial charge in [-0.3, -0.25) is 4.79 Å². The summed E-state index contributed by atoms with van der Waals surface area (Å²) in [5.74, 6) is -0.0715. The fraction of sp³-hybridized carbons (Fsp3) is 0.300. The first-order valence-corrected chi connectivity index (χ1v) is 9.84. The molecule has 0 unspecified atom stereocenters. The maximum atomic E-state index is 12.1. The molecule has 0 atom stereocenters. The minimum absolute atomic E-state index is 0.0715. The zero-order valence-corrected chi connectivity index (χ0v) is 16.6. The molecule has 1 amide bonds. The first-order chi connectivity index (χ1) is 13.1. The zero-order valence-electron chi connectivity index (χ0n) is 15.1. The fourth-order valence-corrected chi connectivity index (χ4v) is 3.66. The molecule has 2 aromatic carbocycles. The fourth-order valence-electron chi connectivity index (χ4n) is 3.25. The highest BCUT2D eigenvalue weighted by Crippen LogP contribution is 2.13. The first kappa shape index (κ1) is 19.8. The molecule has 0 bridgehead atoms. The van der Waals surface area contributed by atoms with Gasteiger partial charge in [-0.2, -0.15) is 5.10 Å². The third-order valence-electron chi connectivity index (χ3n) is 4.72. The molecule has 1 aliphatic heterocycles. The lowest BCUT2D eigenvalue weighted by atomic mass is 10.2. The van der Waals surface area contributed by atoms with Crippen LogP contribution < -0.4 is 15.2 Å². The molecule has 1 saturated heterocycles. The molecule has 2 aromatic rings. The average Bonchev–Trinajstić information content (AvgIpc) is 2.65. The van der Waals surface area contributed by atoms with Gasteiger partial charge in [0.15, 0.2) is 6.54 Å². The Morgan fingerprint density at radius 1 is 1.04 bits per heavy atom. The number of hydrogen-bond donors (Lipinski definition) is 3. The van der Waals surface area contributed by atoms with Crippen molar-refractivity contribution < 1.29 is 14.6 Å². The highest BCUT2D eigenvalue weighted by Gasteiger charge is 2.25. The molecular formula is C20H24Cl2N4O+2. The van der Waals surface area contributed by atoms with Gasteiger partial charge in [0.1, 0.15) is 32.7 Å². The van der Waals surface area contributed by atoms with E-state index < -0.39 is 0 Å². The third-order valence-corrected chi connectivity index (χ3v) is 5.33.